The van der Waals surface area contributed by atoms with Gasteiger partial charge in [0.1, 0.15) is 0 Å². The van der Waals surface area contributed by atoms with E-state index >= 15 is 0 Å². The quantitative estimate of drug-likeness (QED) is 0.813. The Kier molecular flexibility index (Phi) is 3.84. The van der Waals surface area contributed by atoms with Crippen molar-refractivity contribution in [2.75, 3.05) is 5.32 Å². The number of halogens is 3. The first-order chi connectivity index (χ1) is 7.65. The Labute approximate surface area is 115 Å². The van der Waals surface area contributed by atoms with Crippen LogP contribution in [-0.2, 0) is 0 Å². The van der Waals surface area contributed by atoms with Crippen LogP contribution in [0.1, 0.15) is 0 Å². The van der Waals surface area contributed by atoms with Crippen LogP contribution in [-0.4, -0.2) is 4.98 Å². The second-order valence-electron chi connectivity index (χ2n) is 3.14. The Morgan fingerprint density at radius 1 is 1.12 bits per heavy atom. The largest absolute Gasteiger partial charge is 0.353 e. The van der Waals surface area contributed by atoms with Crippen LogP contribution in [0.3, 0.4) is 0 Å². The number of rotatable bonds is 2. The van der Waals surface area contributed by atoms with Crippen LogP contribution < -0.4 is 5.32 Å². The molecule has 0 unspecified atom stereocenters. The summed E-state index contributed by atoms with van der Waals surface area (Å²) in [5.41, 5.74) is 1.81. The van der Waals surface area contributed by atoms with Gasteiger partial charge < -0.3 is 5.32 Å². The topological polar surface area (TPSA) is 24.9 Å². The molecule has 0 aliphatic carbocycles. The average Bonchev–Trinajstić information content (AvgIpc) is 2.24. The summed E-state index contributed by atoms with van der Waals surface area (Å²) in [7, 11) is 0. The van der Waals surface area contributed by atoms with Gasteiger partial charge in [-0.25, -0.2) is 0 Å². The Hall–Kier alpha value is -0.580. The van der Waals surface area contributed by atoms with Crippen LogP contribution in [0, 0.1) is 0 Å². The summed E-state index contributed by atoms with van der Waals surface area (Å²) in [6.07, 6.45) is 3.48. The first-order valence-corrected chi connectivity index (χ1v) is 6.44. The van der Waals surface area contributed by atoms with E-state index in [2.05, 4.69) is 42.2 Å². The highest BCUT2D eigenvalue weighted by molar-refractivity contribution is 9.10. The van der Waals surface area contributed by atoms with Crippen molar-refractivity contribution in [1.82, 2.24) is 4.98 Å². The van der Waals surface area contributed by atoms with Gasteiger partial charge in [-0.2, -0.15) is 0 Å². The van der Waals surface area contributed by atoms with Gasteiger partial charge in [-0.3, -0.25) is 4.98 Å². The van der Waals surface area contributed by atoms with E-state index in [1.807, 2.05) is 24.3 Å². The Balaban J connectivity index is 2.30. The molecule has 1 aromatic carbocycles. The molecule has 0 saturated heterocycles. The molecule has 0 aliphatic heterocycles. The van der Waals surface area contributed by atoms with Gasteiger partial charge in [0.05, 0.1) is 17.6 Å². The normalized spacial score (nSPS) is 10.2. The van der Waals surface area contributed by atoms with Gasteiger partial charge in [0.25, 0.3) is 0 Å². The van der Waals surface area contributed by atoms with Gasteiger partial charge in [0, 0.05) is 20.2 Å². The summed E-state index contributed by atoms with van der Waals surface area (Å²) in [6.45, 7) is 0. The summed E-state index contributed by atoms with van der Waals surface area (Å²) in [6, 6.07) is 7.53. The number of hydrogen-bond acceptors (Lipinski definition) is 2. The fourth-order valence-electron chi connectivity index (χ4n) is 1.23. The minimum Gasteiger partial charge on any atom is -0.353 e. The molecular formula is C11H7Br2ClN2. The minimum absolute atomic E-state index is 0.689. The molecule has 0 aliphatic rings. The van der Waals surface area contributed by atoms with Gasteiger partial charge in [0.15, 0.2) is 0 Å². The van der Waals surface area contributed by atoms with Crippen molar-refractivity contribution in [3.63, 3.8) is 0 Å². The van der Waals surface area contributed by atoms with E-state index in [0.29, 0.717) is 5.02 Å². The number of pyridine rings is 1. The summed E-state index contributed by atoms with van der Waals surface area (Å²) < 4.78 is 1.88. The van der Waals surface area contributed by atoms with E-state index in [1.54, 1.807) is 12.4 Å². The van der Waals surface area contributed by atoms with Crippen molar-refractivity contribution in [3.05, 3.63) is 50.6 Å². The smallest absolute Gasteiger partial charge is 0.0582 e. The van der Waals surface area contributed by atoms with Crippen LogP contribution in [0.4, 0.5) is 11.4 Å². The second kappa shape index (κ2) is 5.17. The lowest BCUT2D eigenvalue weighted by Gasteiger charge is -2.08. The molecule has 1 aromatic heterocycles. The standard InChI is InChI=1S/C11H7Br2ClN2/c12-7-3-9(6-15-5-7)16-11-4-8(14)1-2-10(11)13/h1-6,16H. The lowest BCUT2D eigenvalue weighted by molar-refractivity contribution is 1.30. The van der Waals surface area contributed by atoms with Crippen molar-refractivity contribution >= 4 is 54.8 Å². The lowest BCUT2D eigenvalue weighted by atomic mass is 10.3. The van der Waals surface area contributed by atoms with Crippen molar-refractivity contribution in [1.29, 1.82) is 0 Å². The zero-order valence-corrected chi connectivity index (χ0v) is 12.0. The van der Waals surface area contributed by atoms with Crippen LogP contribution in [0.25, 0.3) is 0 Å². The van der Waals surface area contributed by atoms with Gasteiger partial charge in [-0.15, -0.1) is 0 Å². The number of anilines is 2. The lowest BCUT2D eigenvalue weighted by Crippen LogP contribution is -1.92. The summed E-state index contributed by atoms with van der Waals surface area (Å²) in [4.78, 5) is 4.07. The molecule has 2 nitrogen and oxygen atoms in total. The fourth-order valence-corrected chi connectivity index (χ4v) is 2.11. The summed E-state index contributed by atoms with van der Waals surface area (Å²) >= 11 is 12.7. The van der Waals surface area contributed by atoms with Gasteiger partial charge >= 0.3 is 0 Å². The molecule has 82 valence electrons. The number of aromatic nitrogens is 1. The average molecular weight is 362 g/mol. The maximum absolute atomic E-state index is 5.93. The molecule has 0 amide bonds. The van der Waals surface area contributed by atoms with E-state index in [-0.39, 0.29) is 0 Å². The molecule has 1 N–H and O–H groups in total. The third kappa shape index (κ3) is 2.97. The Bertz CT molecular complexity index is 517. The molecule has 16 heavy (non-hydrogen) atoms. The third-order valence-electron chi connectivity index (χ3n) is 1.91. The van der Waals surface area contributed by atoms with Crippen LogP contribution >= 0.6 is 43.5 Å². The van der Waals surface area contributed by atoms with Crippen molar-refractivity contribution in [3.8, 4) is 0 Å². The minimum atomic E-state index is 0.689. The van der Waals surface area contributed by atoms with Crippen LogP contribution in [0.5, 0.6) is 0 Å². The first kappa shape index (κ1) is 11.9. The molecule has 0 saturated carbocycles. The SMILES string of the molecule is Clc1ccc(Br)c(Nc2cncc(Br)c2)c1. The molecule has 0 bridgehead atoms. The Morgan fingerprint density at radius 2 is 1.94 bits per heavy atom. The van der Waals surface area contributed by atoms with Crippen LogP contribution in [0.2, 0.25) is 5.02 Å². The third-order valence-corrected chi connectivity index (χ3v) is 3.27. The monoisotopic (exact) mass is 360 g/mol. The zero-order chi connectivity index (χ0) is 11.5. The number of nitrogens with zero attached hydrogens (tertiary/aromatic N) is 1. The fraction of sp³-hybridized carbons (Fsp3) is 0. The van der Waals surface area contributed by atoms with Gasteiger partial charge in [0.2, 0.25) is 0 Å². The van der Waals surface area contributed by atoms with Crippen molar-refractivity contribution in [2.45, 2.75) is 0 Å². The highest BCUT2D eigenvalue weighted by atomic mass is 79.9. The maximum atomic E-state index is 5.93. The number of benzene rings is 1. The molecular weight excluding hydrogens is 355 g/mol. The predicted molar refractivity (Wildman–Crippen MR) is 74.4 cm³/mol. The van der Waals surface area contributed by atoms with E-state index in [0.717, 1.165) is 20.3 Å². The molecule has 0 spiro atoms. The number of nitrogens with one attached hydrogen (secondary N) is 1. The van der Waals surface area contributed by atoms with E-state index in [1.165, 1.54) is 0 Å². The molecule has 0 fully saturated rings. The van der Waals surface area contributed by atoms with Gasteiger partial charge in [-0.1, -0.05) is 11.6 Å². The summed E-state index contributed by atoms with van der Waals surface area (Å²) in [5.74, 6) is 0. The van der Waals surface area contributed by atoms with Crippen molar-refractivity contribution < 1.29 is 0 Å². The maximum Gasteiger partial charge on any atom is 0.0582 e. The second-order valence-corrected chi connectivity index (χ2v) is 5.35. The zero-order valence-electron chi connectivity index (χ0n) is 8.05. The van der Waals surface area contributed by atoms with Crippen molar-refractivity contribution in [2.24, 2.45) is 0 Å². The number of hydrogen-bond donors (Lipinski definition) is 1. The van der Waals surface area contributed by atoms with E-state index in [9.17, 15) is 0 Å². The van der Waals surface area contributed by atoms with E-state index < -0.39 is 0 Å². The molecule has 0 atom stereocenters. The highest BCUT2D eigenvalue weighted by Gasteiger charge is 2.02. The summed E-state index contributed by atoms with van der Waals surface area (Å²) in [5, 5.41) is 3.92. The molecule has 2 rings (SSSR count). The molecule has 1 heterocycles. The van der Waals surface area contributed by atoms with Gasteiger partial charge in [-0.05, 0) is 56.1 Å². The van der Waals surface area contributed by atoms with Crippen LogP contribution in [0.15, 0.2) is 45.6 Å². The molecule has 5 heteroatoms. The molecule has 2 aromatic rings. The predicted octanol–water partition coefficient (Wildman–Crippen LogP) is 5.00. The Morgan fingerprint density at radius 3 is 2.69 bits per heavy atom. The molecule has 0 radical (unpaired) electrons. The highest BCUT2D eigenvalue weighted by Crippen LogP contribution is 2.29. The van der Waals surface area contributed by atoms with E-state index in [4.69, 9.17) is 11.6 Å². The first-order valence-electron chi connectivity index (χ1n) is 4.48.